The first kappa shape index (κ1) is 13.0. The van der Waals surface area contributed by atoms with E-state index >= 15 is 0 Å². The molecule has 5 nitrogen and oxygen atoms in total. The molecule has 0 unspecified atom stereocenters. The highest BCUT2D eigenvalue weighted by molar-refractivity contribution is 5.82. The number of benzene rings is 1. The fourth-order valence-electron chi connectivity index (χ4n) is 1.55. The van der Waals surface area contributed by atoms with E-state index in [1.807, 2.05) is 31.2 Å². The number of carboxylic acid groups (broad SMARTS) is 1. The van der Waals surface area contributed by atoms with Gasteiger partial charge in [0.25, 0.3) is 0 Å². The van der Waals surface area contributed by atoms with E-state index in [0.29, 0.717) is 18.7 Å². The van der Waals surface area contributed by atoms with Gasteiger partial charge in [0, 0.05) is 18.3 Å². The third-order valence-electron chi connectivity index (χ3n) is 2.55. The third-order valence-corrected chi connectivity index (χ3v) is 2.55. The number of carboxylic acids is 1. The summed E-state index contributed by atoms with van der Waals surface area (Å²) in [5.41, 5.74) is 1.83. The van der Waals surface area contributed by atoms with Gasteiger partial charge in [-0.1, -0.05) is 17.7 Å². The molecule has 0 aliphatic carbocycles. The van der Waals surface area contributed by atoms with Gasteiger partial charge < -0.3 is 9.84 Å². The van der Waals surface area contributed by atoms with Gasteiger partial charge in [0.05, 0.1) is 6.61 Å². The molecule has 0 spiro atoms. The number of aromatic carboxylic acids is 1. The van der Waals surface area contributed by atoms with Crippen molar-refractivity contribution in [2.75, 3.05) is 6.61 Å². The maximum absolute atomic E-state index is 10.7. The molecule has 0 aliphatic rings. The van der Waals surface area contributed by atoms with E-state index in [1.54, 1.807) is 6.07 Å². The number of hydrogen-bond donors (Lipinski definition) is 1. The van der Waals surface area contributed by atoms with Crippen molar-refractivity contribution >= 4 is 5.97 Å². The number of carbonyl (C=O) groups is 1. The van der Waals surface area contributed by atoms with E-state index in [9.17, 15) is 4.79 Å². The van der Waals surface area contributed by atoms with Crippen LogP contribution in [-0.2, 0) is 6.42 Å². The van der Waals surface area contributed by atoms with E-state index in [-0.39, 0.29) is 5.82 Å². The van der Waals surface area contributed by atoms with Gasteiger partial charge in [0.1, 0.15) is 5.75 Å². The summed E-state index contributed by atoms with van der Waals surface area (Å²) in [5, 5.41) is 8.78. The molecule has 0 aliphatic heterocycles. The Morgan fingerprint density at radius 1 is 1.26 bits per heavy atom. The van der Waals surface area contributed by atoms with Crippen LogP contribution in [0, 0.1) is 6.92 Å². The standard InChI is InChI=1S/C14H14N2O3/c1-10-2-4-12(5-3-10)19-9-7-11-6-8-15-13(16-11)14(17)18/h2-6,8H,7,9H2,1H3,(H,17,18). The van der Waals surface area contributed by atoms with Gasteiger partial charge in [-0.05, 0) is 25.1 Å². The first-order valence-electron chi connectivity index (χ1n) is 5.90. The summed E-state index contributed by atoms with van der Waals surface area (Å²) in [6.07, 6.45) is 1.98. The fraction of sp³-hybridized carbons (Fsp3) is 0.214. The number of ether oxygens (including phenoxy) is 1. The summed E-state index contributed by atoms with van der Waals surface area (Å²) in [4.78, 5) is 18.3. The second-order valence-corrected chi connectivity index (χ2v) is 4.09. The highest BCUT2D eigenvalue weighted by atomic mass is 16.5. The van der Waals surface area contributed by atoms with Gasteiger partial charge in [-0.2, -0.15) is 0 Å². The molecule has 0 saturated heterocycles. The summed E-state index contributed by atoms with van der Waals surface area (Å²) in [5.74, 6) is -0.521. The van der Waals surface area contributed by atoms with Crippen molar-refractivity contribution in [2.45, 2.75) is 13.3 Å². The van der Waals surface area contributed by atoms with Crippen LogP contribution in [-0.4, -0.2) is 27.7 Å². The van der Waals surface area contributed by atoms with Crippen molar-refractivity contribution in [3.63, 3.8) is 0 Å². The Bertz CT molecular complexity index is 567. The van der Waals surface area contributed by atoms with Crippen molar-refractivity contribution in [1.29, 1.82) is 0 Å². The maximum atomic E-state index is 10.7. The van der Waals surface area contributed by atoms with Crippen molar-refractivity contribution in [2.24, 2.45) is 0 Å². The Morgan fingerprint density at radius 3 is 2.68 bits per heavy atom. The molecular weight excluding hydrogens is 244 g/mol. The van der Waals surface area contributed by atoms with Crippen molar-refractivity contribution < 1.29 is 14.6 Å². The monoisotopic (exact) mass is 258 g/mol. The van der Waals surface area contributed by atoms with Gasteiger partial charge >= 0.3 is 5.97 Å². The zero-order valence-corrected chi connectivity index (χ0v) is 10.5. The lowest BCUT2D eigenvalue weighted by Crippen LogP contribution is -2.08. The van der Waals surface area contributed by atoms with E-state index in [1.165, 1.54) is 11.8 Å². The minimum atomic E-state index is -1.12. The summed E-state index contributed by atoms with van der Waals surface area (Å²) < 4.78 is 5.56. The maximum Gasteiger partial charge on any atom is 0.373 e. The predicted octanol–water partition coefficient (Wildman–Crippen LogP) is 2.10. The SMILES string of the molecule is Cc1ccc(OCCc2ccnc(C(=O)O)n2)cc1. The van der Waals surface area contributed by atoms with Crippen LogP contribution in [0.3, 0.4) is 0 Å². The smallest absolute Gasteiger partial charge is 0.373 e. The zero-order chi connectivity index (χ0) is 13.7. The summed E-state index contributed by atoms with van der Waals surface area (Å²) in [7, 11) is 0. The molecular formula is C14H14N2O3. The largest absolute Gasteiger partial charge is 0.493 e. The molecule has 1 heterocycles. The topological polar surface area (TPSA) is 72.3 Å². The van der Waals surface area contributed by atoms with Crippen LogP contribution in [0.2, 0.25) is 0 Å². The molecule has 0 atom stereocenters. The Hall–Kier alpha value is -2.43. The molecule has 0 radical (unpaired) electrons. The average molecular weight is 258 g/mol. The normalized spacial score (nSPS) is 10.2. The van der Waals surface area contributed by atoms with E-state index < -0.39 is 5.97 Å². The van der Waals surface area contributed by atoms with Crippen LogP contribution in [0.1, 0.15) is 21.9 Å². The van der Waals surface area contributed by atoms with Crippen molar-refractivity contribution in [1.82, 2.24) is 9.97 Å². The first-order valence-corrected chi connectivity index (χ1v) is 5.90. The third kappa shape index (κ3) is 3.77. The van der Waals surface area contributed by atoms with E-state index in [2.05, 4.69) is 9.97 Å². The lowest BCUT2D eigenvalue weighted by Gasteiger charge is -2.06. The lowest BCUT2D eigenvalue weighted by atomic mass is 10.2. The number of nitrogens with zero attached hydrogens (tertiary/aromatic N) is 2. The highest BCUT2D eigenvalue weighted by Gasteiger charge is 2.06. The molecule has 0 bridgehead atoms. The van der Waals surface area contributed by atoms with Crippen LogP contribution in [0.25, 0.3) is 0 Å². The van der Waals surface area contributed by atoms with Crippen LogP contribution < -0.4 is 4.74 Å². The Labute approximate surface area is 110 Å². The predicted molar refractivity (Wildman–Crippen MR) is 69.4 cm³/mol. The number of rotatable bonds is 5. The molecule has 0 amide bonds. The Balaban J connectivity index is 1.90. The van der Waals surface area contributed by atoms with E-state index in [4.69, 9.17) is 9.84 Å². The number of aromatic nitrogens is 2. The molecule has 2 rings (SSSR count). The number of hydrogen-bond acceptors (Lipinski definition) is 4. The molecule has 0 fully saturated rings. The minimum Gasteiger partial charge on any atom is -0.493 e. The zero-order valence-electron chi connectivity index (χ0n) is 10.5. The molecule has 2 aromatic rings. The van der Waals surface area contributed by atoms with Crippen molar-refractivity contribution in [3.8, 4) is 5.75 Å². The van der Waals surface area contributed by atoms with Gasteiger partial charge in [0.2, 0.25) is 5.82 Å². The lowest BCUT2D eigenvalue weighted by molar-refractivity contribution is 0.0683. The quantitative estimate of drug-likeness (QED) is 0.889. The Morgan fingerprint density at radius 2 is 2.00 bits per heavy atom. The van der Waals surface area contributed by atoms with Gasteiger partial charge in [-0.15, -0.1) is 0 Å². The Kier molecular flexibility index (Phi) is 4.07. The first-order chi connectivity index (χ1) is 9.15. The molecule has 19 heavy (non-hydrogen) atoms. The van der Waals surface area contributed by atoms with Crippen LogP contribution in [0.15, 0.2) is 36.5 Å². The minimum absolute atomic E-state index is 0.187. The van der Waals surface area contributed by atoms with Crippen LogP contribution >= 0.6 is 0 Å². The summed E-state index contributed by atoms with van der Waals surface area (Å²) in [6.45, 7) is 2.46. The second kappa shape index (κ2) is 5.95. The molecule has 98 valence electrons. The molecule has 1 aromatic carbocycles. The molecule has 1 aromatic heterocycles. The second-order valence-electron chi connectivity index (χ2n) is 4.09. The number of aryl methyl sites for hydroxylation is 1. The summed E-state index contributed by atoms with van der Waals surface area (Å²) in [6, 6.07) is 9.44. The average Bonchev–Trinajstić information content (AvgIpc) is 2.41. The van der Waals surface area contributed by atoms with E-state index in [0.717, 1.165) is 5.75 Å². The van der Waals surface area contributed by atoms with Crippen LogP contribution in [0.5, 0.6) is 5.75 Å². The summed E-state index contributed by atoms with van der Waals surface area (Å²) >= 11 is 0. The molecule has 1 N–H and O–H groups in total. The van der Waals surface area contributed by atoms with Crippen molar-refractivity contribution in [3.05, 3.63) is 53.6 Å². The molecule has 5 heteroatoms. The highest BCUT2D eigenvalue weighted by Crippen LogP contribution is 2.11. The van der Waals surface area contributed by atoms with Gasteiger partial charge in [-0.3, -0.25) is 0 Å². The van der Waals surface area contributed by atoms with Crippen LogP contribution in [0.4, 0.5) is 0 Å². The van der Waals surface area contributed by atoms with Gasteiger partial charge in [-0.25, -0.2) is 14.8 Å². The molecule has 0 saturated carbocycles. The van der Waals surface area contributed by atoms with Gasteiger partial charge in [0.15, 0.2) is 0 Å². The fourth-order valence-corrected chi connectivity index (χ4v) is 1.55.